The molecular weight excluding hydrogens is 300 g/mol. The van der Waals surface area contributed by atoms with Gasteiger partial charge in [-0.2, -0.15) is 11.8 Å². The Morgan fingerprint density at radius 2 is 1.96 bits per heavy atom. The summed E-state index contributed by atoms with van der Waals surface area (Å²) in [5.74, 6) is 3.22. The quantitative estimate of drug-likeness (QED) is 0.371. The van der Waals surface area contributed by atoms with Crippen molar-refractivity contribution in [3.05, 3.63) is 37.0 Å². The van der Waals surface area contributed by atoms with Gasteiger partial charge in [-0.1, -0.05) is 44.2 Å². The molecular formula is C20H36N2S. The number of hydrogen-bond donors (Lipinski definition) is 1. The third-order valence-electron chi connectivity index (χ3n) is 4.44. The fraction of sp³-hybridized carbons (Fsp3) is 0.700. The predicted octanol–water partition coefficient (Wildman–Crippen LogP) is 4.51. The molecule has 0 atom stereocenters. The molecule has 132 valence electrons. The van der Waals surface area contributed by atoms with E-state index in [1.165, 1.54) is 62.9 Å². The van der Waals surface area contributed by atoms with Crippen molar-refractivity contribution in [3.8, 4) is 0 Å². The molecule has 0 aromatic heterocycles. The number of thioether (sulfide) groups is 1. The van der Waals surface area contributed by atoms with Gasteiger partial charge in [-0.3, -0.25) is 0 Å². The van der Waals surface area contributed by atoms with E-state index >= 15 is 0 Å². The Labute approximate surface area is 148 Å². The summed E-state index contributed by atoms with van der Waals surface area (Å²) in [5, 5.41) is 3.57. The van der Waals surface area contributed by atoms with Crippen molar-refractivity contribution in [3.63, 3.8) is 0 Å². The zero-order valence-corrected chi connectivity index (χ0v) is 15.9. The molecule has 1 N–H and O–H groups in total. The highest BCUT2D eigenvalue weighted by Crippen LogP contribution is 2.25. The van der Waals surface area contributed by atoms with Crippen molar-refractivity contribution in [2.75, 3.05) is 44.7 Å². The molecule has 0 spiro atoms. The molecule has 2 nitrogen and oxygen atoms in total. The Bertz CT molecular complexity index is 346. The molecule has 1 rings (SSSR count). The number of nitrogens with one attached hydrogen (secondary N) is 1. The first-order chi connectivity index (χ1) is 11.3. The van der Waals surface area contributed by atoms with Crippen LogP contribution in [0, 0.1) is 5.92 Å². The minimum atomic E-state index is 0.973. The molecule has 0 amide bonds. The van der Waals surface area contributed by atoms with E-state index in [2.05, 4.69) is 30.4 Å². The fourth-order valence-corrected chi connectivity index (χ4v) is 4.08. The molecule has 0 aromatic carbocycles. The molecule has 0 aromatic rings. The minimum Gasteiger partial charge on any atom is -0.317 e. The van der Waals surface area contributed by atoms with Crippen molar-refractivity contribution >= 4 is 11.8 Å². The molecule has 0 unspecified atom stereocenters. The molecule has 0 heterocycles. The van der Waals surface area contributed by atoms with E-state index in [-0.39, 0.29) is 0 Å². The van der Waals surface area contributed by atoms with Gasteiger partial charge in [-0.05, 0) is 69.6 Å². The van der Waals surface area contributed by atoms with Gasteiger partial charge < -0.3 is 10.2 Å². The van der Waals surface area contributed by atoms with Crippen LogP contribution in [0.3, 0.4) is 0 Å². The van der Waals surface area contributed by atoms with Crippen LogP contribution in [0.5, 0.6) is 0 Å². The van der Waals surface area contributed by atoms with Gasteiger partial charge in [0.2, 0.25) is 0 Å². The van der Waals surface area contributed by atoms with Gasteiger partial charge in [0.1, 0.15) is 0 Å². The maximum atomic E-state index is 3.83. The van der Waals surface area contributed by atoms with E-state index in [4.69, 9.17) is 0 Å². The highest BCUT2D eigenvalue weighted by atomic mass is 32.2. The second-order valence-corrected chi connectivity index (χ2v) is 7.71. The summed E-state index contributed by atoms with van der Waals surface area (Å²) in [6, 6.07) is 0. The normalized spacial score (nSPS) is 16.2. The Hall–Kier alpha value is -0.510. The van der Waals surface area contributed by atoms with Crippen molar-refractivity contribution in [2.45, 2.75) is 38.5 Å². The third-order valence-corrected chi connectivity index (χ3v) is 5.56. The maximum Gasteiger partial charge on any atom is 0.0184 e. The standard InChI is InChI=1S/C20H36N2S/c1-4-10-19(5-2)18-23-16-9-14-21-13-8-15-22(3)17-20-11-6-7-12-20/h4-5,10,20-21H,1-2,6-9,11-18H2,3H3/b19-10+. The van der Waals surface area contributed by atoms with E-state index in [1.54, 1.807) is 0 Å². The van der Waals surface area contributed by atoms with Crippen molar-refractivity contribution in [1.29, 1.82) is 0 Å². The first kappa shape index (κ1) is 20.5. The Balaban J connectivity index is 1.86. The lowest BCUT2D eigenvalue weighted by atomic mass is 10.1. The summed E-state index contributed by atoms with van der Waals surface area (Å²) in [6.45, 7) is 12.4. The Morgan fingerprint density at radius 3 is 2.65 bits per heavy atom. The predicted molar refractivity (Wildman–Crippen MR) is 107 cm³/mol. The molecule has 1 saturated carbocycles. The number of allylic oxidation sites excluding steroid dienone is 3. The topological polar surface area (TPSA) is 15.3 Å². The van der Waals surface area contributed by atoms with E-state index in [0.29, 0.717) is 0 Å². The maximum absolute atomic E-state index is 3.83. The summed E-state index contributed by atoms with van der Waals surface area (Å²) < 4.78 is 0. The zero-order chi connectivity index (χ0) is 16.8. The van der Waals surface area contributed by atoms with E-state index in [0.717, 1.165) is 24.8 Å². The van der Waals surface area contributed by atoms with Gasteiger partial charge in [0.15, 0.2) is 0 Å². The van der Waals surface area contributed by atoms with Gasteiger partial charge in [-0.15, -0.1) is 0 Å². The molecule has 0 aliphatic heterocycles. The molecule has 3 heteroatoms. The Kier molecular flexibility index (Phi) is 12.4. The third kappa shape index (κ3) is 10.8. The lowest BCUT2D eigenvalue weighted by Crippen LogP contribution is -2.28. The highest BCUT2D eigenvalue weighted by Gasteiger charge is 2.16. The molecule has 0 bridgehead atoms. The summed E-state index contributed by atoms with van der Waals surface area (Å²) >= 11 is 1.98. The molecule has 1 fully saturated rings. The Morgan fingerprint density at radius 1 is 1.22 bits per heavy atom. The van der Waals surface area contributed by atoms with Crippen LogP contribution in [0.1, 0.15) is 38.5 Å². The molecule has 1 aliphatic rings. The summed E-state index contributed by atoms with van der Waals surface area (Å²) in [5.41, 5.74) is 1.27. The summed E-state index contributed by atoms with van der Waals surface area (Å²) in [6.07, 6.45) is 14.1. The monoisotopic (exact) mass is 336 g/mol. The first-order valence-electron chi connectivity index (χ1n) is 9.17. The largest absolute Gasteiger partial charge is 0.317 e. The van der Waals surface area contributed by atoms with Crippen LogP contribution in [-0.2, 0) is 0 Å². The molecule has 0 radical (unpaired) electrons. The minimum absolute atomic E-state index is 0.973. The van der Waals surface area contributed by atoms with E-state index in [9.17, 15) is 0 Å². The van der Waals surface area contributed by atoms with E-state index < -0.39 is 0 Å². The van der Waals surface area contributed by atoms with Gasteiger partial charge >= 0.3 is 0 Å². The highest BCUT2D eigenvalue weighted by molar-refractivity contribution is 7.99. The lowest BCUT2D eigenvalue weighted by Gasteiger charge is -2.20. The molecule has 1 aliphatic carbocycles. The SMILES string of the molecule is C=C/C=C(\C=C)CSCCCNCCCN(C)CC1CCCC1. The molecule has 0 saturated heterocycles. The second-order valence-electron chi connectivity index (χ2n) is 6.60. The van der Waals surface area contributed by atoms with Gasteiger partial charge in [0, 0.05) is 12.3 Å². The van der Waals surface area contributed by atoms with Crippen LogP contribution in [0.2, 0.25) is 0 Å². The molecule has 23 heavy (non-hydrogen) atoms. The van der Waals surface area contributed by atoms with Crippen LogP contribution in [0.15, 0.2) is 37.0 Å². The average Bonchev–Trinajstić information content (AvgIpc) is 3.05. The van der Waals surface area contributed by atoms with E-state index in [1.807, 2.05) is 30.0 Å². The first-order valence-corrected chi connectivity index (χ1v) is 10.3. The van der Waals surface area contributed by atoms with Crippen molar-refractivity contribution in [1.82, 2.24) is 10.2 Å². The van der Waals surface area contributed by atoms with Crippen LogP contribution in [-0.4, -0.2) is 49.6 Å². The van der Waals surface area contributed by atoms with Gasteiger partial charge in [0.25, 0.3) is 0 Å². The van der Waals surface area contributed by atoms with Crippen molar-refractivity contribution in [2.24, 2.45) is 5.92 Å². The zero-order valence-electron chi connectivity index (χ0n) is 15.1. The second kappa shape index (κ2) is 13.9. The number of hydrogen-bond acceptors (Lipinski definition) is 3. The average molecular weight is 337 g/mol. The fourth-order valence-electron chi connectivity index (χ4n) is 3.14. The number of nitrogens with zero attached hydrogens (tertiary/aromatic N) is 1. The van der Waals surface area contributed by atoms with Crippen molar-refractivity contribution < 1.29 is 0 Å². The van der Waals surface area contributed by atoms with Crippen LogP contribution in [0.4, 0.5) is 0 Å². The number of rotatable bonds is 14. The summed E-state index contributed by atoms with van der Waals surface area (Å²) in [4.78, 5) is 2.52. The van der Waals surface area contributed by atoms with Crippen LogP contribution < -0.4 is 5.32 Å². The summed E-state index contributed by atoms with van der Waals surface area (Å²) in [7, 11) is 2.28. The lowest BCUT2D eigenvalue weighted by molar-refractivity contribution is 0.274. The van der Waals surface area contributed by atoms with Crippen LogP contribution >= 0.6 is 11.8 Å². The van der Waals surface area contributed by atoms with Gasteiger partial charge in [-0.25, -0.2) is 0 Å². The smallest absolute Gasteiger partial charge is 0.0184 e. The van der Waals surface area contributed by atoms with Gasteiger partial charge in [0.05, 0.1) is 0 Å². The van der Waals surface area contributed by atoms with Crippen LogP contribution in [0.25, 0.3) is 0 Å².